The quantitative estimate of drug-likeness (QED) is 0.924. The highest BCUT2D eigenvalue weighted by molar-refractivity contribution is 5.22. The third kappa shape index (κ3) is 4.15. The Morgan fingerprint density at radius 2 is 1.71 bits per heavy atom. The molecule has 5 heteroatoms. The first-order chi connectivity index (χ1) is 10.3. The molecular weight excluding hydrogens is 273 g/mol. The fraction of sp³-hybridized carbons (Fsp3) is 0.625. The van der Waals surface area contributed by atoms with Gasteiger partial charge >= 0.3 is 0 Å². The molecule has 1 aromatic carbocycles. The summed E-state index contributed by atoms with van der Waals surface area (Å²) in [4.78, 5) is 0. The molecule has 0 amide bonds. The molecule has 2 fully saturated rings. The topological polar surface area (TPSA) is 39.7 Å². The van der Waals surface area contributed by atoms with Crippen LogP contribution in [0.4, 0.5) is 4.39 Å². The summed E-state index contributed by atoms with van der Waals surface area (Å²) in [6.07, 6.45) is 2.96. The fourth-order valence-electron chi connectivity index (χ4n) is 2.87. The molecule has 1 aromatic rings. The normalized spacial score (nSPS) is 27.5. The van der Waals surface area contributed by atoms with Gasteiger partial charge in [-0.15, -0.1) is 0 Å². The first-order valence-corrected chi connectivity index (χ1v) is 7.65. The van der Waals surface area contributed by atoms with Gasteiger partial charge in [0.25, 0.3) is 0 Å². The van der Waals surface area contributed by atoms with Crippen molar-refractivity contribution in [3.8, 4) is 5.75 Å². The van der Waals surface area contributed by atoms with Crippen molar-refractivity contribution in [1.29, 1.82) is 0 Å². The van der Waals surface area contributed by atoms with Gasteiger partial charge in [0, 0.05) is 25.7 Å². The molecule has 4 nitrogen and oxygen atoms in total. The standard InChI is InChI=1S/C16H22FNO3/c17-12-1-3-14(4-2-12)21-16-7-10-20-11-15(16)18-13-5-8-19-9-6-13/h1-4,13,15-16,18H,5-11H2/t15-,16+/m0/s1. The number of hydrogen-bond acceptors (Lipinski definition) is 4. The molecule has 0 radical (unpaired) electrons. The smallest absolute Gasteiger partial charge is 0.123 e. The van der Waals surface area contributed by atoms with Crippen LogP contribution >= 0.6 is 0 Å². The van der Waals surface area contributed by atoms with Crippen LogP contribution in [0.3, 0.4) is 0 Å². The largest absolute Gasteiger partial charge is 0.489 e. The molecule has 0 saturated carbocycles. The molecule has 1 N–H and O–H groups in total. The molecule has 116 valence electrons. The second kappa shape index (κ2) is 7.20. The molecule has 0 spiro atoms. The lowest BCUT2D eigenvalue weighted by Crippen LogP contribution is -2.54. The highest BCUT2D eigenvalue weighted by Gasteiger charge is 2.30. The number of halogens is 1. The van der Waals surface area contributed by atoms with Crippen molar-refractivity contribution >= 4 is 0 Å². The van der Waals surface area contributed by atoms with Gasteiger partial charge in [-0.3, -0.25) is 0 Å². The van der Waals surface area contributed by atoms with E-state index in [2.05, 4.69) is 5.32 Å². The van der Waals surface area contributed by atoms with Gasteiger partial charge in [-0.2, -0.15) is 0 Å². The summed E-state index contributed by atoms with van der Waals surface area (Å²) in [5.41, 5.74) is 0. The summed E-state index contributed by atoms with van der Waals surface area (Å²) in [6.45, 7) is 2.99. The highest BCUT2D eigenvalue weighted by Crippen LogP contribution is 2.20. The van der Waals surface area contributed by atoms with Crippen LogP contribution in [-0.2, 0) is 9.47 Å². The number of hydrogen-bond donors (Lipinski definition) is 1. The van der Waals surface area contributed by atoms with Crippen LogP contribution in [0.2, 0.25) is 0 Å². The van der Waals surface area contributed by atoms with Crippen LogP contribution in [0.25, 0.3) is 0 Å². The average Bonchev–Trinajstić information content (AvgIpc) is 2.52. The maximum atomic E-state index is 13.0. The van der Waals surface area contributed by atoms with Gasteiger partial charge in [-0.1, -0.05) is 0 Å². The predicted molar refractivity (Wildman–Crippen MR) is 77.0 cm³/mol. The van der Waals surface area contributed by atoms with Crippen molar-refractivity contribution in [2.75, 3.05) is 26.4 Å². The average molecular weight is 295 g/mol. The van der Waals surface area contributed by atoms with Gasteiger partial charge in [0.2, 0.25) is 0 Å². The summed E-state index contributed by atoms with van der Waals surface area (Å²) < 4.78 is 29.9. The van der Waals surface area contributed by atoms with Crippen molar-refractivity contribution in [2.45, 2.75) is 37.5 Å². The van der Waals surface area contributed by atoms with E-state index in [1.165, 1.54) is 12.1 Å². The summed E-state index contributed by atoms with van der Waals surface area (Å²) in [5.74, 6) is 0.466. The Bertz CT molecular complexity index is 434. The van der Waals surface area contributed by atoms with E-state index in [9.17, 15) is 4.39 Å². The number of benzene rings is 1. The second-order valence-corrected chi connectivity index (χ2v) is 5.63. The zero-order valence-corrected chi connectivity index (χ0v) is 12.1. The Morgan fingerprint density at radius 3 is 2.48 bits per heavy atom. The Kier molecular flexibility index (Phi) is 5.06. The van der Waals surface area contributed by atoms with Gasteiger partial charge in [-0.25, -0.2) is 4.39 Å². The van der Waals surface area contributed by atoms with Crippen LogP contribution < -0.4 is 10.1 Å². The van der Waals surface area contributed by atoms with E-state index in [0.29, 0.717) is 25.0 Å². The van der Waals surface area contributed by atoms with Crippen LogP contribution in [0.1, 0.15) is 19.3 Å². The van der Waals surface area contributed by atoms with Gasteiger partial charge < -0.3 is 19.5 Å². The van der Waals surface area contributed by atoms with Crippen molar-refractivity contribution < 1.29 is 18.6 Å². The van der Waals surface area contributed by atoms with Crippen molar-refractivity contribution in [2.24, 2.45) is 0 Å². The van der Waals surface area contributed by atoms with Gasteiger partial charge in [-0.05, 0) is 37.1 Å². The Balaban J connectivity index is 1.59. The molecule has 2 atom stereocenters. The molecule has 3 rings (SSSR count). The highest BCUT2D eigenvalue weighted by atomic mass is 19.1. The SMILES string of the molecule is Fc1ccc(O[C@@H]2CCOC[C@@H]2NC2CCOCC2)cc1. The van der Waals surface area contributed by atoms with Crippen molar-refractivity contribution in [3.63, 3.8) is 0 Å². The molecule has 0 aromatic heterocycles. The third-order valence-corrected chi connectivity index (χ3v) is 4.07. The molecule has 2 aliphatic rings. The number of rotatable bonds is 4. The summed E-state index contributed by atoms with van der Waals surface area (Å²) in [7, 11) is 0. The lowest BCUT2D eigenvalue weighted by atomic mass is 10.0. The molecule has 0 bridgehead atoms. The number of nitrogens with one attached hydrogen (secondary N) is 1. The van der Waals surface area contributed by atoms with E-state index in [0.717, 1.165) is 32.5 Å². The number of ether oxygens (including phenoxy) is 3. The Morgan fingerprint density at radius 1 is 1.00 bits per heavy atom. The zero-order chi connectivity index (χ0) is 14.5. The van der Waals surface area contributed by atoms with Crippen LogP contribution in [0.15, 0.2) is 24.3 Å². The van der Waals surface area contributed by atoms with Crippen molar-refractivity contribution in [1.82, 2.24) is 5.32 Å². The van der Waals surface area contributed by atoms with Gasteiger partial charge in [0.15, 0.2) is 0 Å². The Hall–Kier alpha value is -1.17. The second-order valence-electron chi connectivity index (χ2n) is 5.63. The lowest BCUT2D eigenvalue weighted by Gasteiger charge is -2.36. The molecule has 21 heavy (non-hydrogen) atoms. The fourth-order valence-corrected chi connectivity index (χ4v) is 2.87. The van der Waals surface area contributed by atoms with Crippen LogP contribution in [-0.4, -0.2) is 44.6 Å². The summed E-state index contributed by atoms with van der Waals surface area (Å²) in [6, 6.07) is 6.84. The lowest BCUT2D eigenvalue weighted by molar-refractivity contribution is -0.0150. The molecule has 0 unspecified atom stereocenters. The maximum Gasteiger partial charge on any atom is 0.123 e. The zero-order valence-electron chi connectivity index (χ0n) is 12.1. The molecular formula is C16H22FNO3. The van der Waals surface area contributed by atoms with Gasteiger partial charge in [0.1, 0.15) is 17.7 Å². The van der Waals surface area contributed by atoms with Crippen LogP contribution in [0.5, 0.6) is 5.75 Å². The predicted octanol–water partition coefficient (Wildman–Crippen LogP) is 2.13. The molecule has 2 aliphatic heterocycles. The van der Waals surface area contributed by atoms with Crippen LogP contribution in [0, 0.1) is 5.82 Å². The third-order valence-electron chi connectivity index (χ3n) is 4.07. The minimum Gasteiger partial charge on any atom is -0.489 e. The van der Waals surface area contributed by atoms with E-state index in [1.54, 1.807) is 12.1 Å². The monoisotopic (exact) mass is 295 g/mol. The first kappa shape index (κ1) is 14.8. The maximum absolute atomic E-state index is 13.0. The minimum atomic E-state index is -0.244. The minimum absolute atomic E-state index is 0.0621. The summed E-state index contributed by atoms with van der Waals surface area (Å²) >= 11 is 0. The molecule has 2 heterocycles. The van der Waals surface area contributed by atoms with Gasteiger partial charge in [0.05, 0.1) is 19.3 Å². The summed E-state index contributed by atoms with van der Waals surface area (Å²) in [5, 5.41) is 3.64. The Labute approximate surface area is 124 Å². The van der Waals surface area contributed by atoms with E-state index in [4.69, 9.17) is 14.2 Å². The van der Waals surface area contributed by atoms with E-state index < -0.39 is 0 Å². The van der Waals surface area contributed by atoms with Crippen molar-refractivity contribution in [3.05, 3.63) is 30.1 Å². The van der Waals surface area contributed by atoms with E-state index in [-0.39, 0.29) is 18.0 Å². The molecule has 2 saturated heterocycles. The molecule has 0 aliphatic carbocycles. The van der Waals surface area contributed by atoms with E-state index >= 15 is 0 Å². The first-order valence-electron chi connectivity index (χ1n) is 7.65. The van der Waals surface area contributed by atoms with E-state index in [1.807, 2.05) is 0 Å².